The van der Waals surface area contributed by atoms with E-state index in [1.165, 1.54) is 12.0 Å². The molecule has 0 spiro atoms. The fourth-order valence-corrected chi connectivity index (χ4v) is 1.46. The van der Waals surface area contributed by atoms with E-state index in [0.717, 1.165) is 19.7 Å². The number of nitrogens with zero attached hydrogens (tertiary/aromatic N) is 1. The van der Waals surface area contributed by atoms with Crippen LogP contribution in [0.25, 0.3) is 0 Å². The third kappa shape index (κ3) is 4.06. The lowest BCUT2D eigenvalue weighted by atomic mass is 10.2. The predicted octanol–water partition coefficient (Wildman–Crippen LogP) is 2.20. The Morgan fingerprint density at radius 1 is 1.53 bits per heavy atom. The molecule has 1 N–H and O–H groups in total. The van der Waals surface area contributed by atoms with Crippen molar-refractivity contribution in [3.63, 3.8) is 0 Å². The van der Waals surface area contributed by atoms with Gasteiger partial charge in [-0.25, -0.2) is 0 Å². The van der Waals surface area contributed by atoms with Crippen molar-refractivity contribution < 1.29 is 4.74 Å². The summed E-state index contributed by atoms with van der Waals surface area (Å²) in [5.41, 5.74) is 1.34. The maximum absolute atomic E-state index is 4.97. The van der Waals surface area contributed by atoms with E-state index in [4.69, 9.17) is 4.74 Å². The van der Waals surface area contributed by atoms with Gasteiger partial charge in [0.15, 0.2) is 0 Å². The quantitative estimate of drug-likeness (QED) is 0.698. The van der Waals surface area contributed by atoms with Gasteiger partial charge in [0.05, 0.1) is 6.61 Å². The summed E-state index contributed by atoms with van der Waals surface area (Å²) >= 11 is 0. The molecule has 1 aromatic heterocycles. The van der Waals surface area contributed by atoms with Gasteiger partial charge in [0, 0.05) is 38.6 Å². The highest BCUT2D eigenvalue weighted by Gasteiger charge is 2.01. The van der Waals surface area contributed by atoms with Crippen molar-refractivity contribution >= 4 is 0 Å². The summed E-state index contributed by atoms with van der Waals surface area (Å²) in [6.45, 7) is 7.05. The second kappa shape index (κ2) is 6.64. The molecular weight excluding hydrogens is 188 g/mol. The van der Waals surface area contributed by atoms with Crippen molar-refractivity contribution in [1.82, 2.24) is 9.88 Å². The van der Waals surface area contributed by atoms with Crippen LogP contribution in [0.1, 0.15) is 31.9 Å². The first-order chi connectivity index (χ1) is 7.27. The molecule has 3 nitrogen and oxygen atoms in total. The van der Waals surface area contributed by atoms with E-state index in [1.54, 1.807) is 7.11 Å². The van der Waals surface area contributed by atoms with Crippen molar-refractivity contribution in [1.29, 1.82) is 0 Å². The van der Waals surface area contributed by atoms with Gasteiger partial charge in [0.2, 0.25) is 0 Å². The highest BCUT2D eigenvalue weighted by atomic mass is 16.5. The van der Waals surface area contributed by atoms with E-state index in [9.17, 15) is 0 Å². The molecule has 0 aliphatic carbocycles. The van der Waals surface area contributed by atoms with Gasteiger partial charge in [-0.05, 0) is 25.0 Å². The molecule has 0 amide bonds. The fourth-order valence-electron chi connectivity index (χ4n) is 1.46. The molecule has 0 saturated carbocycles. The molecule has 3 heteroatoms. The Bertz CT molecular complexity index is 270. The van der Waals surface area contributed by atoms with Crippen molar-refractivity contribution in [3.05, 3.63) is 24.0 Å². The standard InChI is InChI=1S/C12H22N2O/c1-4-11(2)14-7-5-12(10-14)9-13-6-8-15-3/h5,7,10-11,13H,4,6,8-9H2,1-3H3. The lowest BCUT2D eigenvalue weighted by Crippen LogP contribution is -2.18. The molecule has 1 rings (SSSR count). The number of nitrogens with one attached hydrogen (secondary N) is 1. The Balaban J connectivity index is 2.33. The Morgan fingerprint density at radius 2 is 2.33 bits per heavy atom. The first kappa shape index (κ1) is 12.3. The molecule has 15 heavy (non-hydrogen) atoms. The Kier molecular flexibility index (Phi) is 5.43. The van der Waals surface area contributed by atoms with Crippen LogP contribution in [0.15, 0.2) is 18.5 Å². The molecule has 1 heterocycles. The number of rotatable bonds is 7. The number of hydrogen-bond donors (Lipinski definition) is 1. The predicted molar refractivity (Wildman–Crippen MR) is 63.0 cm³/mol. The maximum atomic E-state index is 4.97. The largest absolute Gasteiger partial charge is 0.383 e. The van der Waals surface area contributed by atoms with Gasteiger partial charge in [0.1, 0.15) is 0 Å². The van der Waals surface area contributed by atoms with Gasteiger partial charge in [-0.3, -0.25) is 0 Å². The minimum absolute atomic E-state index is 0.595. The number of methoxy groups -OCH3 is 1. The third-order valence-corrected chi connectivity index (χ3v) is 2.69. The van der Waals surface area contributed by atoms with Crippen molar-refractivity contribution in [2.45, 2.75) is 32.9 Å². The van der Waals surface area contributed by atoms with Gasteiger partial charge in [-0.2, -0.15) is 0 Å². The molecule has 1 atom stereocenters. The first-order valence-electron chi connectivity index (χ1n) is 5.64. The molecular formula is C12H22N2O. The van der Waals surface area contributed by atoms with E-state index in [1.807, 2.05) is 0 Å². The first-order valence-corrected chi connectivity index (χ1v) is 5.64. The van der Waals surface area contributed by atoms with Crippen molar-refractivity contribution in [3.8, 4) is 0 Å². The highest BCUT2D eigenvalue weighted by molar-refractivity contribution is 5.10. The maximum Gasteiger partial charge on any atom is 0.0587 e. The molecule has 1 aromatic rings. The average molecular weight is 210 g/mol. The van der Waals surface area contributed by atoms with Crippen LogP contribution in [-0.4, -0.2) is 24.8 Å². The van der Waals surface area contributed by atoms with Crippen LogP contribution in [0.2, 0.25) is 0 Å². The summed E-state index contributed by atoms with van der Waals surface area (Å²) < 4.78 is 7.24. The summed E-state index contributed by atoms with van der Waals surface area (Å²) in [4.78, 5) is 0. The number of aromatic nitrogens is 1. The second-order valence-electron chi connectivity index (χ2n) is 3.89. The summed E-state index contributed by atoms with van der Waals surface area (Å²) in [5.74, 6) is 0. The summed E-state index contributed by atoms with van der Waals surface area (Å²) in [5, 5.41) is 3.33. The van der Waals surface area contributed by atoms with Crippen LogP contribution in [-0.2, 0) is 11.3 Å². The van der Waals surface area contributed by atoms with Gasteiger partial charge < -0.3 is 14.6 Å². The lowest BCUT2D eigenvalue weighted by molar-refractivity contribution is 0.199. The zero-order chi connectivity index (χ0) is 11.1. The van der Waals surface area contributed by atoms with Gasteiger partial charge in [-0.1, -0.05) is 6.92 Å². The van der Waals surface area contributed by atoms with E-state index in [-0.39, 0.29) is 0 Å². The number of ether oxygens (including phenoxy) is 1. The van der Waals surface area contributed by atoms with Gasteiger partial charge in [0.25, 0.3) is 0 Å². The minimum Gasteiger partial charge on any atom is -0.383 e. The van der Waals surface area contributed by atoms with Crippen LogP contribution in [0.4, 0.5) is 0 Å². The topological polar surface area (TPSA) is 26.2 Å². The molecule has 0 aliphatic heterocycles. The Labute approximate surface area is 92.4 Å². The van der Waals surface area contributed by atoms with E-state index >= 15 is 0 Å². The third-order valence-electron chi connectivity index (χ3n) is 2.69. The van der Waals surface area contributed by atoms with Crippen LogP contribution >= 0.6 is 0 Å². The normalized spacial score (nSPS) is 13.0. The van der Waals surface area contributed by atoms with Crippen molar-refractivity contribution in [2.75, 3.05) is 20.3 Å². The second-order valence-corrected chi connectivity index (χ2v) is 3.89. The molecule has 0 bridgehead atoms. The zero-order valence-electron chi connectivity index (χ0n) is 9.99. The molecule has 0 saturated heterocycles. The van der Waals surface area contributed by atoms with Crippen molar-refractivity contribution in [2.24, 2.45) is 0 Å². The molecule has 0 aromatic carbocycles. The Hall–Kier alpha value is -0.800. The highest BCUT2D eigenvalue weighted by Crippen LogP contribution is 2.12. The molecule has 1 unspecified atom stereocenters. The van der Waals surface area contributed by atoms with Crippen LogP contribution < -0.4 is 5.32 Å². The smallest absolute Gasteiger partial charge is 0.0587 e. The fraction of sp³-hybridized carbons (Fsp3) is 0.667. The summed E-state index contributed by atoms with van der Waals surface area (Å²) in [6, 6.07) is 2.77. The zero-order valence-corrected chi connectivity index (χ0v) is 9.99. The van der Waals surface area contributed by atoms with Crippen LogP contribution in [0.3, 0.4) is 0 Å². The molecule has 0 aliphatic rings. The molecule has 0 fully saturated rings. The Morgan fingerprint density at radius 3 is 3.00 bits per heavy atom. The molecule has 86 valence electrons. The lowest BCUT2D eigenvalue weighted by Gasteiger charge is -2.09. The molecule has 0 radical (unpaired) electrons. The van der Waals surface area contributed by atoms with Gasteiger partial charge >= 0.3 is 0 Å². The monoisotopic (exact) mass is 210 g/mol. The number of hydrogen-bond acceptors (Lipinski definition) is 2. The minimum atomic E-state index is 0.595. The van der Waals surface area contributed by atoms with E-state index in [2.05, 4.69) is 42.2 Å². The van der Waals surface area contributed by atoms with E-state index in [0.29, 0.717) is 6.04 Å². The summed E-state index contributed by atoms with van der Waals surface area (Å²) in [7, 11) is 1.72. The van der Waals surface area contributed by atoms with E-state index < -0.39 is 0 Å². The average Bonchev–Trinajstić information content (AvgIpc) is 2.72. The van der Waals surface area contributed by atoms with Gasteiger partial charge in [-0.15, -0.1) is 0 Å². The SMILES string of the molecule is CCC(C)n1ccc(CNCCOC)c1. The van der Waals surface area contributed by atoms with Crippen LogP contribution in [0.5, 0.6) is 0 Å². The summed E-state index contributed by atoms with van der Waals surface area (Å²) in [6.07, 6.45) is 5.54. The van der Waals surface area contributed by atoms with Crippen LogP contribution in [0, 0.1) is 0 Å².